The topological polar surface area (TPSA) is 45.2 Å². The van der Waals surface area contributed by atoms with Crippen molar-refractivity contribution < 1.29 is 0 Å². The summed E-state index contributed by atoms with van der Waals surface area (Å²) in [6.07, 6.45) is 0. The van der Waals surface area contributed by atoms with Crippen LogP contribution in [0, 0.1) is 0 Å². The first-order valence-electron chi connectivity index (χ1n) is 14.9. The molecule has 0 saturated heterocycles. The molecular formula is C35H36ClN5Se4. The van der Waals surface area contributed by atoms with E-state index in [-0.39, 0.29) is 5.28 Å². The second-order valence-corrected chi connectivity index (χ2v) is 20.0. The summed E-state index contributed by atoms with van der Waals surface area (Å²) >= 11 is 8.19. The molecule has 1 aromatic heterocycles. The fourth-order valence-electron chi connectivity index (χ4n) is 4.40. The molecule has 45 heavy (non-hydrogen) atoms. The summed E-state index contributed by atoms with van der Waals surface area (Å²) in [4.78, 5) is 19.2. The van der Waals surface area contributed by atoms with Crippen LogP contribution in [0.4, 0.5) is 11.9 Å². The van der Waals surface area contributed by atoms with E-state index in [1.807, 2.05) is 0 Å². The van der Waals surface area contributed by atoms with Crippen LogP contribution in [0.3, 0.4) is 0 Å². The number of hydrogen-bond acceptors (Lipinski definition) is 5. The van der Waals surface area contributed by atoms with Crippen molar-refractivity contribution in [1.29, 1.82) is 0 Å². The molecule has 0 radical (unpaired) electrons. The summed E-state index contributed by atoms with van der Waals surface area (Å²) in [6, 6.07) is 43.2. The van der Waals surface area contributed by atoms with Gasteiger partial charge in [-0.25, -0.2) is 0 Å². The van der Waals surface area contributed by atoms with E-state index in [1.165, 1.54) is 17.8 Å². The molecule has 0 aliphatic heterocycles. The van der Waals surface area contributed by atoms with Gasteiger partial charge in [0.05, 0.1) is 0 Å². The monoisotopic (exact) mass is 881 g/mol. The Kier molecular flexibility index (Phi) is 14.8. The molecule has 5 aromatic rings. The Hall–Kier alpha value is -2.14. The number of nitrogens with zero attached hydrogens (tertiary/aromatic N) is 5. The zero-order valence-corrected chi connectivity index (χ0v) is 32.6. The minimum absolute atomic E-state index is 0.272. The standard InChI is InChI=1S/C35H36ClN5Se4/c36-33-37-34(40(21-25-42-29-13-5-1-6-14-29)22-26-43-30-15-7-2-8-16-30)39-35(38-33)41(23-27-44-31-17-9-3-10-18-31)24-28-45-32-19-11-4-12-20-32/h1-20H,21-28H2. The molecule has 0 aliphatic carbocycles. The molecule has 0 spiro atoms. The molecule has 5 nitrogen and oxygen atoms in total. The summed E-state index contributed by atoms with van der Waals surface area (Å²) in [6.45, 7) is 3.59. The fraction of sp³-hybridized carbons (Fsp3) is 0.229. The molecule has 0 amide bonds. The maximum atomic E-state index is 6.66. The number of rotatable bonds is 18. The first-order chi connectivity index (χ1) is 22.2. The zero-order valence-electron chi connectivity index (χ0n) is 25.0. The van der Waals surface area contributed by atoms with Crippen molar-refractivity contribution in [2.24, 2.45) is 0 Å². The van der Waals surface area contributed by atoms with Gasteiger partial charge in [0.2, 0.25) is 0 Å². The number of halogens is 1. The molecule has 10 heteroatoms. The van der Waals surface area contributed by atoms with Crippen LogP contribution in [-0.2, 0) is 0 Å². The molecule has 0 saturated carbocycles. The van der Waals surface area contributed by atoms with Crippen LogP contribution >= 0.6 is 11.6 Å². The molecule has 0 unspecified atom stereocenters. The van der Waals surface area contributed by atoms with Crippen molar-refractivity contribution in [2.75, 3.05) is 36.0 Å². The Labute approximate surface area is 297 Å². The van der Waals surface area contributed by atoms with Gasteiger partial charge < -0.3 is 0 Å². The number of benzene rings is 4. The molecule has 4 aromatic carbocycles. The van der Waals surface area contributed by atoms with Gasteiger partial charge in [-0.3, -0.25) is 0 Å². The second kappa shape index (κ2) is 19.5. The van der Waals surface area contributed by atoms with Crippen molar-refractivity contribution in [3.8, 4) is 0 Å². The summed E-state index contributed by atoms with van der Waals surface area (Å²) in [5.41, 5.74) is 0. The molecule has 0 N–H and O–H groups in total. The molecule has 0 bridgehead atoms. The van der Waals surface area contributed by atoms with Gasteiger partial charge in [0.1, 0.15) is 0 Å². The van der Waals surface area contributed by atoms with Gasteiger partial charge in [0, 0.05) is 0 Å². The van der Waals surface area contributed by atoms with Crippen LogP contribution in [0.2, 0.25) is 26.6 Å². The molecule has 0 aliphatic rings. The Morgan fingerprint density at radius 1 is 0.400 bits per heavy atom. The molecule has 1 heterocycles. The van der Waals surface area contributed by atoms with Gasteiger partial charge >= 0.3 is 300 Å². The van der Waals surface area contributed by atoms with E-state index in [1.54, 1.807) is 0 Å². The molecule has 5 rings (SSSR count). The third kappa shape index (κ3) is 12.2. The number of aromatic nitrogens is 3. The maximum absolute atomic E-state index is 6.66. The molecule has 0 fully saturated rings. The Bertz CT molecular complexity index is 1330. The van der Waals surface area contributed by atoms with E-state index in [0.717, 1.165) is 47.5 Å². The zero-order chi connectivity index (χ0) is 30.9. The van der Waals surface area contributed by atoms with Crippen LogP contribution in [0.25, 0.3) is 0 Å². The second-order valence-electron chi connectivity index (χ2n) is 9.82. The van der Waals surface area contributed by atoms with Gasteiger partial charge in [0.15, 0.2) is 0 Å². The normalized spacial score (nSPS) is 11.0. The van der Waals surface area contributed by atoms with Crippen molar-refractivity contribution in [1.82, 2.24) is 15.0 Å². The van der Waals surface area contributed by atoms with Crippen molar-refractivity contribution in [3.63, 3.8) is 0 Å². The quantitative estimate of drug-likeness (QED) is 0.125. The Morgan fingerprint density at radius 3 is 0.933 bits per heavy atom. The number of anilines is 2. The minimum atomic E-state index is 0.272. The predicted molar refractivity (Wildman–Crippen MR) is 196 cm³/mol. The molecular weight excluding hydrogens is 842 g/mol. The predicted octanol–water partition coefficient (Wildman–Crippen LogP) is 3.93. The van der Waals surface area contributed by atoms with Crippen LogP contribution in [0.15, 0.2) is 121 Å². The number of hydrogen-bond donors (Lipinski definition) is 0. The van der Waals surface area contributed by atoms with Crippen LogP contribution < -0.4 is 27.6 Å². The van der Waals surface area contributed by atoms with Gasteiger partial charge in [-0.05, 0) is 0 Å². The van der Waals surface area contributed by atoms with Crippen LogP contribution in [-0.4, -0.2) is 101 Å². The SMILES string of the molecule is Clc1nc(N(CC[Se]c2ccccc2)CC[Se]c2ccccc2)nc(N(CC[Se]c2ccccc2)CC[Se]c2ccccc2)n1. The first-order valence-corrected chi connectivity index (χ1v) is 23.5. The third-order valence-corrected chi connectivity index (χ3v) is 15.1. The summed E-state index contributed by atoms with van der Waals surface area (Å²) in [5, 5.41) is 4.59. The van der Waals surface area contributed by atoms with Crippen LogP contribution in [0.1, 0.15) is 0 Å². The third-order valence-electron chi connectivity index (χ3n) is 6.64. The fourth-order valence-corrected chi connectivity index (χ4v) is 12.1. The van der Waals surface area contributed by atoms with E-state index >= 15 is 0 Å². The van der Waals surface area contributed by atoms with E-state index in [9.17, 15) is 0 Å². The van der Waals surface area contributed by atoms with Crippen molar-refractivity contribution >= 4 is 101 Å². The average Bonchev–Trinajstić information content (AvgIpc) is 3.08. The van der Waals surface area contributed by atoms with Gasteiger partial charge in [-0.15, -0.1) is 0 Å². The van der Waals surface area contributed by atoms with Gasteiger partial charge in [-0.2, -0.15) is 0 Å². The van der Waals surface area contributed by atoms with Crippen molar-refractivity contribution in [3.05, 3.63) is 127 Å². The van der Waals surface area contributed by atoms with Gasteiger partial charge in [0.25, 0.3) is 0 Å². The average molecular weight is 878 g/mol. The molecule has 232 valence electrons. The first kappa shape index (κ1) is 34.2. The van der Waals surface area contributed by atoms with E-state index in [2.05, 4.69) is 141 Å². The van der Waals surface area contributed by atoms with E-state index in [4.69, 9.17) is 16.6 Å². The van der Waals surface area contributed by atoms with Crippen molar-refractivity contribution in [2.45, 2.75) is 21.3 Å². The van der Waals surface area contributed by atoms with E-state index < -0.39 is 0 Å². The molecule has 0 atom stereocenters. The summed E-state index contributed by atoms with van der Waals surface area (Å²) < 4.78 is 5.67. The van der Waals surface area contributed by atoms with Crippen LogP contribution in [0.5, 0.6) is 0 Å². The Balaban J connectivity index is 1.31. The Morgan fingerprint density at radius 2 is 0.667 bits per heavy atom. The van der Waals surface area contributed by atoms with Gasteiger partial charge in [-0.1, -0.05) is 0 Å². The summed E-state index contributed by atoms with van der Waals surface area (Å²) in [7, 11) is 0. The van der Waals surface area contributed by atoms with E-state index in [0.29, 0.717) is 71.7 Å². The summed E-state index contributed by atoms with van der Waals surface area (Å²) in [5.74, 6) is 1.40.